The van der Waals surface area contributed by atoms with Crippen LogP contribution in [0.5, 0.6) is 0 Å². The highest BCUT2D eigenvalue weighted by molar-refractivity contribution is 7.15. The molecule has 3 amide bonds. The van der Waals surface area contributed by atoms with Crippen LogP contribution in [0, 0.1) is 33.1 Å². The number of aryl methyl sites for hydroxylation is 3. The van der Waals surface area contributed by atoms with Gasteiger partial charge in [-0.25, -0.2) is 4.98 Å². The molecule has 68 heavy (non-hydrogen) atoms. The van der Waals surface area contributed by atoms with Gasteiger partial charge in [0.25, 0.3) is 0 Å². The minimum atomic E-state index is -0.901. The van der Waals surface area contributed by atoms with Crippen molar-refractivity contribution >= 4 is 57.8 Å². The number of aliphatic hydroxyl groups excluding tert-OH is 1. The number of aliphatic imine (C=N–C) groups is 1. The number of ether oxygens (including phenoxy) is 1. The van der Waals surface area contributed by atoms with E-state index in [0.29, 0.717) is 12.4 Å². The van der Waals surface area contributed by atoms with Crippen LogP contribution in [-0.4, -0.2) is 129 Å². The minimum absolute atomic E-state index is 0.00908. The number of hydrogen-bond donors (Lipinski definition) is 3. The van der Waals surface area contributed by atoms with E-state index < -0.39 is 29.6 Å². The first-order valence-corrected chi connectivity index (χ1v) is 24.9. The standard InChI is InChI=1S/C50H62N10O6S2/c1-28-31(4)68-49-42(28)43(53-38(25-41(63)66-9)46-56-55-32(5)60(46)49)34-14-16-36(17-15-34)58-22-20-57(21-23-58)19-18-40(62)54-45(50(6,7)8)48(65)59-26-37(61)24-39(59)47(64)52-29(2)33-10-12-35(13-11-33)44-30(3)51-27-67-44/h10-17,27,29,37-39,45,61H,18-26H2,1-9H3,(H,52,64)(H,54,62)/t29-,37+,38-,39-,45+/m0/s1. The molecular formula is C50H62N10O6S2. The van der Waals surface area contributed by atoms with Gasteiger partial charge in [0.1, 0.15) is 29.0 Å². The summed E-state index contributed by atoms with van der Waals surface area (Å²) < 4.78 is 7.07. The van der Waals surface area contributed by atoms with Crippen LogP contribution in [-0.2, 0) is 23.9 Å². The molecule has 0 aliphatic carbocycles. The van der Waals surface area contributed by atoms with Gasteiger partial charge in [0.05, 0.1) is 47.5 Å². The predicted molar refractivity (Wildman–Crippen MR) is 265 cm³/mol. The molecule has 5 atom stereocenters. The van der Waals surface area contributed by atoms with Crippen LogP contribution in [0.1, 0.15) is 104 Å². The van der Waals surface area contributed by atoms with Crippen LogP contribution < -0.4 is 15.5 Å². The Bertz CT molecular complexity index is 2690. The summed E-state index contributed by atoms with van der Waals surface area (Å²) in [6.45, 7) is 19.3. The average Bonchev–Trinajstić information content (AvgIpc) is 4.09. The molecule has 3 aliphatic heterocycles. The monoisotopic (exact) mass is 962 g/mol. The van der Waals surface area contributed by atoms with Crippen LogP contribution in [0.25, 0.3) is 15.4 Å². The number of carbonyl (C=O) groups excluding carboxylic acids is 4. The third kappa shape index (κ3) is 10.1. The van der Waals surface area contributed by atoms with Crippen LogP contribution in [0.2, 0.25) is 0 Å². The van der Waals surface area contributed by atoms with Crippen molar-refractivity contribution < 1.29 is 29.0 Å². The highest BCUT2D eigenvalue weighted by Crippen LogP contribution is 2.40. The Kier molecular flexibility index (Phi) is 14.3. The van der Waals surface area contributed by atoms with E-state index in [1.807, 2.05) is 75.9 Å². The zero-order chi connectivity index (χ0) is 48.6. The zero-order valence-electron chi connectivity index (χ0n) is 40.3. The number of carbonyl (C=O) groups is 4. The molecule has 3 aromatic heterocycles. The number of anilines is 1. The first kappa shape index (κ1) is 48.6. The molecule has 3 aliphatic rings. The van der Waals surface area contributed by atoms with Crippen LogP contribution >= 0.6 is 22.7 Å². The second kappa shape index (κ2) is 20.0. The van der Waals surface area contributed by atoms with E-state index in [1.165, 1.54) is 16.9 Å². The number of aromatic nitrogens is 4. The number of nitrogens with one attached hydrogen (secondary N) is 2. The molecule has 2 aromatic carbocycles. The van der Waals surface area contributed by atoms with Gasteiger partial charge >= 0.3 is 5.97 Å². The van der Waals surface area contributed by atoms with E-state index in [0.717, 1.165) is 86.8 Å². The Morgan fingerprint density at radius 1 is 0.926 bits per heavy atom. The Hall–Kier alpha value is -5.82. The molecule has 18 heteroatoms. The van der Waals surface area contributed by atoms with E-state index in [2.05, 4.69) is 73.7 Å². The maximum absolute atomic E-state index is 14.3. The first-order valence-electron chi connectivity index (χ1n) is 23.3. The predicted octanol–water partition coefficient (Wildman–Crippen LogP) is 6.02. The number of aliphatic hydroxyl groups is 1. The third-order valence-electron chi connectivity index (χ3n) is 13.4. The Labute approximate surface area is 405 Å². The highest BCUT2D eigenvalue weighted by Gasteiger charge is 2.45. The number of amides is 3. The molecule has 6 heterocycles. The lowest BCUT2D eigenvalue weighted by atomic mass is 9.85. The smallest absolute Gasteiger partial charge is 0.308 e. The molecule has 2 fully saturated rings. The van der Waals surface area contributed by atoms with Gasteiger partial charge in [0.15, 0.2) is 5.82 Å². The summed E-state index contributed by atoms with van der Waals surface area (Å²) >= 11 is 3.25. The summed E-state index contributed by atoms with van der Waals surface area (Å²) in [5.41, 5.74) is 9.07. The number of piperazine rings is 1. The molecule has 0 radical (unpaired) electrons. The van der Waals surface area contributed by atoms with Crippen molar-refractivity contribution in [2.24, 2.45) is 10.4 Å². The van der Waals surface area contributed by atoms with Crippen molar-refractivity contribution in [1.82, 2.24) is 40.2 Å². The van der Waals surface area contributed by atoms with Crippen LogP contribution in [0.4, 0.5) is 5.69 Å². The molecule has 5 aromatic rings. The topological polar surface area (TPSA) is 187 Å². The van der Waals surface area contributed by atoms with Gasteiger partial charge in [-0.15, -0.1) is 32.9 Å². The number of esters is 1. The Morgan fingerprint density at radius 3 is 2.26 bits per heavy atom. The van der Waals surface area contributed by atoms with Crippen molar-refractivity contribution in [1.29, 1.82) is 0 Å². The van der Waals surface area contributed by atoms with Gasteiger partial charge in [-0.05, 0) is 68.9 Å². The van der Waals surface area contributed by atoms with Gasteiger partial charge in [-0.3, -0.25) is 33.6 Å². The second-order valence-electron chi connectivity index (χ2n) is 19.2. The molecule has 8 rings (SSSR count). The number of nitrogens with zero attached hydrogens (tertiary/aromatic N) is 8. The molecule has 3 N–H and O–H groups in total. The lowest BCUT2D eigenvalue weighted by molar-refractivity contribution is -0.144. The number of rotatable bonds is 13. The fourth-order valence-electron chi connectivity index (χ4n) is 9.33. The summed E-state index contributed by atoms with van der Waals surface area (Å²) in [5, 5.41) is 26.6. The number of hydrogen-bond acceptors (Lipinski definition) is 14. The number of thiophene rings is 1. The molecular weight excluding hydrogens is 901 g/mol. The SMILES string of the molecule is COC(=O)C[C@@H]1N=C(c2ccc(N3CCN(CCC(=O)N[C@H](C(=O)N4C[C@H](O)C[C@H]4C(=O)N[C@@H](C)c4ccc(-c5scnc5C)cc4)C(C)(C)C)CC3)cc2)c2c(sc(C)c2C)-n2c(C)nnc21. The summed E-state index contributed by atoms with van der Waals surface area (Å²) in [7, 11) is 1.38. The second-order valence-corrected chi connectivity index (χ2v) is 21.2. The lowest BCUT2D eigenvalue weighted by Gasteiger charge is -2.37. The van der Waals surface area contributed by atoms with Gasteiger partial charge in [-0.2, -0.15) is 0 Å². The first-order chi connectivity index (χ1) is 32.4. The fourth-order valence-corrected chi connectivity index (χ4v) is 11.4. The number of benzene rings is 2. The number of β-amino-alcohol motifs (C(OH)–C–C–N with tert-alkyl or cyclic N) is 1. The Morgan fingerprint density at radius 2 is 1.62 bits per heavy atom. The van der Waals surface area contributed by atoms with Gasteiger partial charge < -0.3 is 30.3 Å². The highest BCUT2D eigenvalue weighted by atomic mass is 32.1. The molecule has 0 spiro atoms. The van der Waals surface area contributed by atoms with Crippen LogP contribution in [0.3, 0.4) is 0 Å². The summed E-state index contributed by atoms with van der Waals surface area (Å²) in [6.07, 6.45) is -0.498. The fraction of sp³-hybridized carbons (Fsp3) is 0.480. The summed E-state index contributed by atoms with van der Waals surface area (Å²) in [4.78, 5) is 72.0. The van der Waals surface area contributed by atoms with Crippen molar-refractivity contribution in [3.05, 3.63) is 98.5 Å². The lowest BCUT2D eigenvalue weighted by Crippen LogP contribution is -2.58. The minimum Gasteiger partial charge on any atom is -0.469 e. The number of methoxy groups -OCH3 is 1. The molecule has 2 saturated heterocycles. The van der Waals surface area contributed by atoms with Gasteiger partial charge in [-0.1, -0.05) is 57.2 Å². The van der Waals surface area contributed by atoms with Crippen molar-refractivity contribution in [2.75, 3.05) is 51.3 Å². The van der Waals surface area contributed by atoms with Crippen molar-refractivity contribution in [3.63, 3.8) is 0 Å². The number of thiazole rings is 1. The molecule has 360 valence electrons. The average molecular weight is 963 g/mol. The normalized spacial score (nSPS) is 19.4. The molecule has 16 nitrogen and oxygen atoms in total. The number of fused-ring (bicyclic) bond motifs is 3. The summed E-state index contributed by atoms with van der Waals surface area (Å²) in [5.74, 6) is 0.00601. The quantitative estimate of drug-likeness (QED) is 0.117. The van der Waals surface area contributed by atoms with Gasteiger partial charge in [0.2, 0.25) is 17.7 Å². The van der Waals surface area contributed by atoms with E-state index in [4.69, 9.17) is 9.73 Å². The molecule has 0 saturated carbocycles. The van der Waals surface area contributed by atoms with E-state index in [9.17, 15) is 24.3 Å². The van der Waals surface area contributed by atoms with Crippen molar-refractivity contribution in [2.45, 2.75) is 105 Å². The maximum Gasteiger partial charge on any atom is 0.308 e. The molecule has 0 bridgehead atoms. The maximum atomic E-state index is 14.3. The third-order valence-corrected chi connectivity index (χ3v) is 15.6. The van der Waals surface area contributed by atoms with Crippen molar-refractivity contribution in [3.8, 4) is 15.4 Å². The van der Waals surface area contributed by atoms with Crippen LogP contribution in [0.15, 0.2) is 59.0 Å². The van der Waals surface area contributed by atoms with E-state index in [-0.39, 0.29) is 55.5 Å². The number of likely N-dealkylation sites (tertiary alicyclic amines) is 1. The molecule has 0 unspecified atom stereocenters. The summed E-state index contributed by atoms with van der Waals surface area (Å²) in [6, 6.07) is 13.7. The zero-order valence-corrected chi connectivity index (χ0v) is 42.0. The van der Waals surface area contributed by atoms with E-state index >= 15 is 0 Å². The van der Waals surface area contributed by atoms with Gasteiger partial charge in [0, 0.05) is 73.8 Å². The Balaban J connectivity index is 0.861. The largest absolute Gasteiger partial charge is 0.469 e. The van der Waals surface area contributed by atoms with E-state index in [1.54, 1.807) is 22.7 Å².